The quantitative estimate of drug-likeness (QED) is 0.506. The minimum absolute atomic E-state index is 1.32. The highest BCUT2D eigenvalue weighted by atomic mass is 31.0. The Morgan fingerprint density at radius 2 is 1.56 bits per heavy atom. The Morgan fingerprint density at radius 1 is 1.11 bits per heavy atom. The Bertz CT molecular complexity index is 150. The molecule has 0 saturated heterocycles. The number of benzene rings is 1. The molecule has 1 rings (SSSR count). The molecule has 0 fully saturated rings. The maximum atomic E-state index is 8.06. The molecule has 0 aromatic heterocycles. The Morgan fingerprint density at radius 3 is 1.78 bits per heavy atom. The lowest BCUT2D eigenvalue weighted by molar-refractivity contribution is 0.607. The van der Waals surface area contributed by atoms with Crippen LogP contribution in [0.15, 0.2) is 30.3 Å². The van der Waals surface area contributed by atoms with Crippen LogP contribution in [0.5, 0.6) is 0 Å². The van der Waals surface area contributed by atoms with E-state index in [0.717, 1.165) is 0 Å². The van der Waals surface area contributed by atoms with E-state index in [1.807, 2.05) is 18.2 Å². The molecule has 0 bridgehead atoms. The first-order valence-electron chi connectivity index (χ1n) is 2.61. The summed E-state index contributed by atoms with van der Waals surface area (Å²) in [4.78, 5) is 0. The van der Waals surface area contributed by atoms with E-state index in [1.165, 1.54) is 5.56 Å². The molecule has 0 aliphatic carbocycles. The monoisotopic (exact) mass is 140 g/mol. The van der Waals surface area contributed by atoms with E-state index in [0.29, 0.717) is 0 Å². The molecule has 9 heavy (non-hydrogen) atoms. The smallest absolute Gasteiger partial charge is 0.138 e. The normalized spacial score (nSPS) is 7.22. The molecule has 0 N–H and O–H groups in total. The van der Waals surface area contributed by atoms with Crippen molar-refractivity contribution in [2.45, 2.75) is 6.92 Å². The van der Waals surface area contributed by atoms with E-state index in [4.69, 9.17) is 4.57 Å². The van der Waals surface area contributed by atoms with Crippen LogP contribution in [-0.2, 0) is 4.57 Å². The maximum absolute atomic E-state index is 8.06. The summed E-state index contributed by atoms with van der Waals surface area (Å²) in [6, 6.07) is 10.3. The van der Waals surface area contributed by atoms with Crippen molar-refractivity contribution in [3.63, 3.8) is 0 Å². The van der Waals surface area contributed by atoms with Crippen molar-refractivity contribution in [2.75, 3.05) is 0 Å². The molecule has 0 amide bonds. The van der Waals surface area contributed by atoms with Gasteiger partial charge >= 0.3 is 0 Å². The van der Waals surface area contributed by atoms with Crippen LogP contribution < -0.4 is 0 Å². The van der Waals surface area contributed by atoms with E-state index in [2.05, 4.69) is 19.1 Å². The summed E-state index contributed by atoms with van der Waals surface area (Å²) >= 11 is 0. The fourth-order valence-corrected chi connectivity index (χ4v) is 0.534. The fraction of sp³-hybridized carbons (Fsp3) is 0.143. The van der Waals surface area contributed by atoms with Gasteiger partial charge in [-0.25, -0.2) is 0 Å². The van der Waals surface area contributed by atoms with Gasteiger partial charge in [-0.1, -0.05) is 35.9 Å². The first-order chi connectivity index (χ1) is 4.39. The Kier molecular flexibility index (Phi) is 5.04. The zero-order valence-electron chi connectivity index (χ0n) is 5.29. The topological polar surface area (TPSA) is 17.1 Å². The molecule has 0 atom stereocenters. The fourth-order valence-electron chi connectivity index (χ4n) is 0.534. The summed E-state index contributed by atoms with van der Waals surface area (Å²) in [6.45, 7) is 2.08. The summed E-state index contributed by atoms with van der Waals surface area (Å²) in [5, 5.41) is 0. The van der Waals surface area contributed by atoms with Gasteiger partial charge in [0.1, 0.15) is 9.12 Å². The predicted octanol–water partition coefficient (Wildman–Crippen LogP) is 2.47. The summed E-state index contributed by atoms with van der Waals surface area (Å²) in [5.41, 5.74) is 1.32. The van der Waals surface area contributed by atoms with Gasteiger partial charge in [0.2, 0.25) is 0 Å². The number of rotatable bonds is 0. The van der Waals surface area contributed by atoms with Gasteiger partial charge in [-0.15, -0.1) is 0 Å². The molecule has 2 heteroatoms. The third-order valence-electron chi connectivity index (χ3n) is 0.940. The Hall–Kier alpha value is -0.680. The van der Waals surface area contributed by atoms with Crippen LogP contribution in [0, 0.1) is 6.92 Å². The van der Waals surface area contributed by atoms with E-state index in [1.54, 1.807) is 9.12 Å². The molecular weight excluding hydrogens is 131 g/mol. The predicted molar refractivity (Wildman–Crippen MR) is 40.2 cm³/mol. The molecule has 1 aromatic carbocycles. The van der Waals surface area contributed by atoms with Crippen LogP contribution in [0.3, 0.4) is 0 Å². The van der Waals surface area contributed by atoms with Crippen LogP contribution in [0.4, 0.5) is 0 Å². The first-order valence-corrected chi connectivity index (χ1v) is 3.02. The van der Waals surface area contributed by atoms with E-state index >= 15 is 0 Å². The largest absolute Gasteiger partial charge is 0.279 e. The van der Waals surface area contributed by atoms with Crippen molar-refractivity contribution in [1.82, 2.24) is 0 Å². The van der Waals surface area contributed by atoms with Gasteiger partial charge in [0, 0.05) is 0 Å². The van der Waals surface area contributed by atoms with Crippen molar-refractivity contribution in [3.8, 4) is 0 Å². The second kappa shape index (κ2) is 5.46. The summed E-state index contributed by atoms with van der Waals surface area (Å²) in [5.74, 6) is 0. The van der Waals surface area contributed by atoms with Crippen molar-refractivity contribution < 1.29 is 4.57 Å². The van der Waals surface area contributed by atoms with Gasteiger partial charge in [-0.2, -0.15) is 0 Å². The van der Waals surface area contributed by atoms with Gasteiger partial charge in [0.05, 0.1) is 0 Å². The lowest BCUT2D eigenvalue weighted by atomic mass is 10.2. The third kappa shape index (κ3) is 3.87. The minimum atomic E-state index is 1.32. The molecule has 0 radical (unpaired) electrons. The summed E-state index contributed by atoms with van der Waals surface area (Å²) in [6.07, 6.45) is 0. The highest BCUT2D eigenvalue weighted by Gasteiger charge is 1.72. The molecule has 0 spiro atoms. The molecule has 48 valence electrons. The number of hydrogen-bond acceptors (Lipinski definition) is 1. The Balaban J connectivity index is 0.000000291. The van der Waals surface area contributed by atoms with Gasteiger partial charge in [0.15, 0.2) is 0 Å². The molecule has 1 aromatic rings. The molecule has 0 unspecified atom stereocenters. The van der Waals surface area contributed by atoms with Crippen LogP contribution in [0.1, 0.15) is 5.56 Å². The van der Waals surface area contributed by atoms with E-state index in [-0.39, 0.29) is 0 Å². The van der Waals surface area contributed by atoms with Gasteiger partial charge in [-0.3, -0.25) is 4.57 Å². The molecule has 1 nitrogen and oxygen atoms in total. The number of hydrogen-bond donors (Lipinski definition) is 0. The third-order valence-corrected chi connectivity index (χ3v) is 0.940. The molecule has 0 aliphatic heterocycles. The van der Waals surface area contributed by atoms with Crippen molar-refractivity contribution in [3.05, 3.63) is 35.9 Å². The van der Waals surface area contributed by atoms with Crippen LogP contribution in [0.2, 0.25) is 0 Å². The average molecular weight is 140 g/mol. The molecule has 0 heterocycles. The van der Waals surface area contributed by atoms with Gasteiger partial charge in [0.25, 0.3) is 0 Å². The average Bonchev–Trinajstić information content (AvgIpc) is 1.94. The number of aryl methyl sites for hydroxylation is 1. The highest BCUT2D eigenvalue weighted by Crippen LogP contribution is 1.92. The second-order valence-electron chi connectivity index (χ2n) is 1.65. The maximum Gasteiger partial charge on any atom is 0.138 e. The highest BCUT2D eigenvalue weighted by molar-refractivity contribution is 7.00. The molecular formula is C7H9OP. The van der Waals surface area contributed by atoms with Crippen molar-refractivity contribution >= 4 is 9.12 Å². The molecule has 0 saturated carbocycles. The molecule has 0 aliphatic rings. The van der Waals surface area contributed by atoms with Gasteiger partial charge < -0.3 is 0 Å². The van der Waals surface area contributed by atoms with E-state index < -0.39 is 0 Å². The zero-order valence-corrected chi connectivity index (χ0v) is 6.29. The van der Waals surface area contributed by atoms with Crippen LogP contribution in [0.25, 0.3) is 0 Å². The van der Waals surface area contributed by atoms with Crippen molar-refractivity contribution in [2.24, 2.45) is 0 Å². The van der Waals surface area contributed by atoms with E-state index in [9.17, 15) is 0 Å². The second-order valence-corrected chi connectivity index (χ2v) is 1.65. The summed E-state index contributed by atoms with van der Waals surface area (Å²) < 4.78 is 8.06. The van der Waals surface area contributed by atoms with Crippen LogP contribution >= 0.6 is 9.12 Å². The van der Waals surface area contributed by atoms with Crippen LogP contribution in [-0.4, -0.2) is 0 Å². The SMILES string of the molecule is Cc1ccccc1.O=P. The van der Waals surface area contributed by atoms with Crippen molar-refractivity contribution in [1.29, 1.82) is 0 Å². The zero-order chi connectivity index (χ0) is 7.11. The Labute approximate surface area is 57.3 Å². The minimum Gasteiger partial charge on any atom is -0.279 e. The summed E-state index contributed by atoms with van der Waals surface area (Å²) in [7, 11) is 1.72. The van der Waals surface area contributed by atoms with Gasteiger partial charge in [-0.05, 0) is 6.92 Å². The standard InChI is InChI=1S/C7H8.HOP/c1-7-5-3-2-4-6-7;1-2/h2-6H,1H3;2H. The lowest BCUT2D eigenvalue weighted by Gasteiger charge is -1.82. The lowest BCUT2D eigenvalue weighted by Crippen LogP contribution is -1.62. The first kappa shape index (κ1) is 8.32.